The summed E-state index contributed by atoms with van der Waals surface area (Å²) in [7, 11) is 0. The molecule has 1 aliphatic rings. The van der Waals surface area contributed by atoms with Gasteiger partial charge in [0.05, 0.1) is 0 Å². The molecule has 1 aromatic rings. The van der Waals surface area contributed by atoms with Crippen LogP contribution in [0.25, 0.3) is 0 Å². The van der Waals surface area contributed by atoms with E-state index in [0.29, 0.717) is 6.04 Å². The summed E-state index contributed by atoms with van der Waals surface area (Å²) in [5.41, 5.74) is 1.40. The molecule has 118 valence electrons. The highest BCUT2D eigenvalue weighted by Crippen LogP contribution is 2.31. The van der Waals surface area contributed by atoms with Crippen LogP contribution in [0.4, 0.5) is 5.82 Å². The van der Waals surface area contributed by atoms with Crippen LogP contribution in [0.15, 0.2) is 18.3 Å². The first-order chi connectivity index (χ1) is 10.3. The highest BCUT2D eigenvalue weighted by Gasteiger charge is 2.23. The molecule has 0 amide bonds. The number of hydrogen-bond acceptors (Lipinski definition) is 3. The molecule has 1 fully saturated rings. The van der Waals surface area contributed by atoms with Crippen molar-refractivity contribution in [2.24, 2.45) is 0 Å². The van der Waals surface area contributed by atoms with Gasteiger partial charge >= 0.3 is 0 Å². The molecule has 1 aromatic heterocycles. The molecule has 0 spiro atoms. The normalized spacial score (nSPS) is 19.6. The molecule has 3 heteroatoms. The summed E-state index contributed by atoms with van der Waals surface area (Å²) in [6, 6.07) is 5.01. The minimum Gasteiger partial charge on any atom is -0.370 e. The van der Waals surface area contributed by atoms with Crippen LogP contribution in [-0.2, 0) is 0 Å². The lowest BCUT2D eigenvalue weighted by atomic mass is 9.96. The molecule has 1 saturated heterocycles. The molecule has 1 N–H and O–H groups in total. The van der Waals surface area contributed by atoms with Crippen molar-refractivity contribution in [3.05, 3.63) is 23.9 Å². The molecule has 1 atom stereocenters. The number of likely N-dealkylation sites (tertiary alicyclic amines) is 1. The van der Waals surface area contributed by atoms with E-state index in [1.807, 2.05) is 0 Å². The number of nitrogens with one attached hydrogen (secondary N) is 1. The van der Waals surface area contributed by atoms with Crippen molar-refractivity contribution in [1.82, 2.24) is 9.88 Å². The maximum absolute atomic E-state index is 4.60. The zero-order valence-electron chi connectivity index (χ0n) is 13.8. The molecule has 0 bridgehead atoms. The molecule has 3 nitrogen and oxygen atoms in total. The predicted molar refractivity (Wildman–Crippen MR) is 90.7 cm³/mol. The lowest BCUT2D eigenvalue weighted by Crippen LogP contribution is -2.34. The first kappa shape index (κ1) is 16.3. The van der Waals surface area contributed by atoms with Gasteiger partial charge in [0, 0.05) is 18.8 Å². The van der Waals surface area contributed by atoms with Gasteiger partial charge in [0.15, 0.2) is 0 Å². The maximum Gasteiger partial charge on any atom is 0.125 e. The molecule has 1 unspecified atom stereocenters. The van der Waals surface area contributed by atoms with E-state index in [-0.39, 0.29) is 0 Å². The van der Waals surface area contributed by atoms with E-state index < -0.39 is 0 Å². The Morgan fingerprint density at radius 2 is 2.05 bits per heavy atom. The minimum atomic E-state index is 0.586. The second-order valence-corrected chi connectivity index (χ2v) is 6.16. The molecule has 0 radical (unpaired) electrons. The Balaban J connectivity index is 1.95. The highest BCUT2D eigenvalue weighted by molar-refractivity contribution is 5.36. The van der Waals surface area contributed by atoms with E-state index >= 15 is 0 Å². The fourth-order valence-corrected chi connectivity index (χ4v) is 3.10. The Morgan fingerprint density at radius 1 is 1.19 bits per heavy atom. The summed E-state index contributed by atoms with van der Waals surface area (Å²) in [5, 5.41) is 3.40. The number of aromatic nitrogens is 1. The summed E-state index contributed by atoms with van der Waals surface area (Å²) < 4.78 is 0. The van der Waals surface area contributed by atoms with Gasteiger partial charge in [0.25, 0.3) is 0 Å². The standard InChI is InChI=1S/C18H31N3/c1-3-5-12-19-18-11-10-16(15-20-18)17-9-7-8-14-21(17)13-6-4-2/h10-11,15,17H,3-9,12-14H2,1-2H3,(H,19,20). The Labute approximate surface area is 130 Å². The van der Waals surface area contributed by atoms with Crippen LogP contribution in [0.5, 0.6) is 0 Å². The van der Waals surface area contributed by atoms with Crippen molar-refractivity contribution in [3.8, 4) is 0 Å². The fourth-order valence-electron chi connectivity index (χ4n) is 3.10. The number of unbranched alkanes of at least 4 members (excludes halogenated alkanes) is 2. The number of hydrogen-bond donors (Lipinski definition) is 1. The Hall–Kier alpha value is -1.09. The SMILES string of the molecule is CCCCNc1ccc(C2CCCCN2CCCC)cn1. The zero-order chi connectivity index (χ0) is 14.9. The summed E-state index contributed by atoms with van der Waals surface area (Å²) in [6.45, 7) is 8.00. The van der Waals surface area contributed by atoms with E-state index in [9.17, 15) is 0 Å². The quantitative estimate of drug-likeness (QED) is 0.708. The molecule has 0 saturated carbocycles. The van der Waals surface area contributed by atoms with Gasteiger partial charge in [0.1, 0.15) is 5.82 Å². The van der Waals surface area contributed by atoms with Crippen LogP contribution in [0.1, 0.15) is 70.4 Å². The number of anilines is 1. The second-order valence-electron chi connectivity index (χ2n) is 6.16. The van der Waals surface area contributed by atoms with Gasteiger partial charge in [-0.25, -0.2) is 4.98 Å². The van der Waals surface area contributed by atoms with E-state index in [0.717, 1.165) is 12.4 Å². The summed E-state index contributed by atoms with van der Waals surface area (Å²) in [4.78, 5) is 7.26. The number of rotatable bonds is 8. The summed E-state index contributed by atoms with van der Waals surface area (Å²) in [5.74, 6) is 1.02. The largest absolute Gasteiger partial charge is 0.370 e. The van der Waals surface area contributed by atoms with E-state index in [4.69, 9.17) is 0 Å². The molecular weight excluding hydrogens is 258 g/mol. The number of piperidine rings is 1. The third kappa shape index (κ3) is 4.99. The van der Waals surface area contributed by atoms with Crippen molar-refractivity contribution in [2.75, 3.05) is 25.0 Å². The summed E-state index contributed by atoms with van der Waals surface area (Å²) in [6.07, 6.45) is 11.1. The van der Waals surface area contributed by atoms with Crippen LogP contribution < -0.4 is 5.32 Å². The van der Waals surface area contributed by atoms with Crippen LogP contribution in [0.3, 0.4) is 0 Å². The number of pyridine rings is 1. The van der Waals surface area contributed by atoms with Gasteiger partial charge in [-0.15, -0.1) is 0 Å². The Morgan fingerprint density at radius 3 is 2.76 bits per heavy atom. The van der Waals surface area contributed by atoms with Gasteiger partial charge in [-0.1, -0.05) is 39.2 Å². The average Bonchev–Trinajstić information content (AvgIpc) is 2.54. The third-order valence-corrected chi connectivity index (χ3v) is 4.42. The van der Waals surface area contributed by atoms with Crippen LogP contribution in [-0.4, -0.2) is 29.5 Å². The molecule has 0 aromatic carbocycles. The van der Waals surface area contributed by atoms with Crippen molar-refractivity contribution >= 4 is 5.82 Å². The maximum atomic E-state index is 4.60. The lowest BCUT2D eigenvalue weighted by Gasteiger charge is -2.36. The minimum absolute atomic E-state index is 0.586. The molecule has 0 aliphatic carbocycles. The van der Waals surface area contributed by atoms with Crippen LogP contribution in [0, 0.1) is 0 Å². The topological polar surface area (TPSA) is 28.2 Å². The number of nitrogens with zero attached hydrogens (tertiary/aromatic N) is 2. The van der Waals surface area contributed by atoms with Crippen LogP contribution in [0.2, 0.25) is 0 Å². The first-order valence-corrected chi connectivity index (χ1v) is 8.79. The predicted octanol–water partition coefficient (Wildman–Crippen LogP) is 4.62. The third-order valence-electron chi connectivity index (χ3n) is 4.42. The fraction of sp³-hybridized carbons (Fsp3) is 0.722. The molecule has 21 heavy (non-hydrogen) atoms. The lowest BCUT2D eigenvalue weighted by molar-refractivity contribution is 0.146. The molecule has 2 rings (SSSR count). The average molecular weight is 289 g/mol. The first-order valence-electron chi connectivity index (χ1n) is 8.79. The van der Waals surface area contributed by atoms with Gasteiger partial charge in [-0.05, 0) is 50.4 Å². The Kier molecular flexibility index (Phi) is 7.01. The molecular formula is C18H31N3. The highest BCUT2D eigenvalue weighted by atomic mass is 15.2. The van der Waals surface area contributed by atoms with Crippen LogP contribution >= 0.6 is 0 Å². The van der Waals surface area contributed by atoms with Gasteiger partial charge in [-0.3, -0.25) is 4.90 Å². The molecule has 1 aliphatic heterocycles. The van der Waals surface area contributed by atoms with Crippen molar-refractivity contribution < 1.29 is 0 Å². The van der Waals surface area contributed by atoms with Crippen molar-refractivity contribution in [2.45, 2.75) is 64.8 Å². The van der Waals surface area contributed by atoms with Gasteiger partial charge in [-0.2, -0.15) is 0 Å². The zero-order valence-corrected chi connectivity index (χ0v) is 13.8. The monoisotopic (exact) mass is 289 g/mol. The second kappa shape index (κ2) is 9.04. The van der Waals surface area contributed by atoms with E-state index in [1.54, 1.807) is 0 Å². The van der Waals surface area contributed by atoms with E-state index in [2.05, 4.69) is 47.4 Å². The van der Waals surface area contributed by atoms with Crippen molar-refractivity contribution in [1.29, 1.82) is 0 Å². The Bertz CT molecular complexity index is 388. The smallest absolute Gasteiger partial charge is 0.125 e. The van der Waals surface area contributed by atoms with Crippen molar-refractivity contribution in [3.63, 3.8) is 0 Å². The van der Waals surface area contributed by atoms with E-state index in [1.165, 1.54) is 63.6 Å². The van der Waals surface area contributed by atoms with Gasteiger partial charge < -0.3 is 5.32 Å². The summed E-state index contributed by atoms with van der Waals surface area (Å²) >= 11 is 0. The molecule has 2 heterocycles. The van der Waals surface area contributed by atoms with Gasteiger partial charge in [0.2, 0.25) is 0 Å².